The summed E-state index contributed by atoms with van der Waals surface area (Å²) < 4.78 is 5.41. The molecule has 1 aliphatic heterocycles. The molecule has 0 radical (unpaired) electrons. The van der Waals surface area contributed by atoms with Gasteiger partial charge in [-0.3, -0.25) is 5.10 Å². The van der Waals surface area contributed by atoms with Crippen LogP contribution in [0, 0.1) is 0 Å². The van der Waals surface area contributed by atoms with Crippen LogP contribution in [0.5, 0.6) is 0 Å². The Hall–Kier alpha value is -1.63. The van der Waals surface area contributed by atoms with Gasteiger partial charge in [0.2, 0.25) is 0 Å². The van der Waals surface area contributed by atoms with Gasteiger partial charge in [-0.1, -0.05) is 0 Å². The minimum absolute atomic E-state index is 0.146. The topological polar surface area (TPSA) is 97.1 Å². The van der Waals surface area contributed by atoms with Crippen LogP contribution in [0.25, 0.3) is 0 Å². The van der Waals surface area contributed by atoms with Gasteiger partial charge in [0.05, 0.1) is 6.54 Å². The lowest BCUT2D eigenvalue weighted by Crippen LogP contribution is -2.42. The van der Waals surface area contributed by atoms with Crippen LogP contribution < -0.4 is 5.73 Å². The van der Waals surface area contributed by atoms with E-state index in [1.165, 1.54) is 0 Å². The lowest BCUT2D eigenvalue weighted by molar-refractivity contribution is 0.0196. The fourth-order valence-electron chi connectivity index (χ4n) is 2.26. The van der Waals surface area contributed by atoms with Crippen molar-refractivity contribution in [1.82, 2.24) is 20.1 Å². The maximum absolute atomic E-state index is 12.1. The monoisotopic (exact) mass is 281 g/mol. The Morgan fingerprint density at radius 3 is 2.90 bits per heavy atom. The predicted octanol–water partition coefficient (Wildman–Crippen LogP) is 1.38. The van der Waals surface area contributed by atoms with Crippen molar-refractivity contribution in [2.75, 3.05) is 13.1 Å². The molecule has 0 unspecified atom stereocenters. The van der Waals surface area contributed by atoms with Crippen molar-refractivity contribution < 1.29 is 9.53 Å². The van der Waals surface area contributed by atoms with Crippen LogP contribution in [0.3, 0.4) is 0 Å². The van der Waals surface area contributed by atoms with E-state index in [-0.39, 0.29) is 12.0 Å². The van der Waals surface area contributed by atoms with E-state index in [0.29, 0.717) is 18.9 Å². The lowest BCUT2D eigenvalue weighted by atomic mass is 9.98. The first-order valence-corrected chi connectivity index (χ1v) is 6.98. The number of nitrogens with one attached hydrogen (secondary N) is 1. The highest BCUT2D eigenvalue weighted by molar-refractivity contribution is 5.68. The molecule has 0 aromatic carbocycles. The molecule has 7 nitrogen and oxygen atoms in total. The number of carbonyl (C=O) groups excluding carboxylic acids is 1. The Morgan fingerprint density at radius 2 is 2.30 bits per heavy atom. The minimum atomic E-state index is -0.471. The first kappa shape index (κ1) is 14.8. The van der Waals surface area contributed by atoms with E-state index >= 15 is 0 Å². The molecule has 1 aromatic rings. The maximum atomic E-state index is 12.1. The van der Waals surface area contributed by atoms with E-state index in [4.69, 9.17) is 10.5 Å². The van der Waals surface area contributed by atoms with Gasteiger partial charge in [0.25, 0.3) is 0 Å². The van der Waals surface area contributed by atoms with Crippen LogP contribution in [0.4, 0.5) is 4.79 Å². The first-order valence-electron chi connectivity index (χ1n) is 6.98. The largest absolute Gasteiger partial charge is 0.444 e. The first-order chi connectivity index (χ1) is 9.39. The average molecular weight is 281 g/mol. The van der Waals surface area contributed by atoms with E-state index < -0.39 is 5.60 Å². The zero-order valence-corrected chi connectivity index (χ0v) is 12.3. The molecule has 0 bridgehead atoms. The molecule has 1 aliphatic rings. The summed E-state index contributed by atoms with van der Waals surface area (Å²) in [5, 5.41) is 7.00. The number of carbonyl (C=O) groups is 1. The van der Waals surface area contributed by atoms with E-state index in [2.05, 4.69) is 15.2 Å². The molecule has 1 atom stereocenters. The molecule has 0 spiro atoms. The Kier molecular flexibility index (Phi) is 4.27. The number of H-pyrrole nitrogens is 1. The third kappa shape index (κ3) is 3.69. The molecule has 7 heteroatoms. The van der Waals surface area contributed by atoms with Gasteiger partial charge in [0.1, 0.15) is 11.4 Å². The predicted molar refractivity (Wildman–Crippen MR) is 74.1 cm³/mol. The van der Waals surface area contributed by atoms with Gasteiger partial charge in [-0.25, -0.2) is 9.78 Å². The summed E-state index contributed by atoms with van der Waals surface area (Å²) in [6.07, 6.45) is 1.63. The molecule has 20 heavy (non-hydrogen) atoms. The van der Waals surface area contributed by atoms with Gasteiger partial charge in [-0.15, -0.1) is 0 Å². The van der Waals surface area contributed by atoms with Crippen LogP contribution in [-0.2, 0) is 11.3 Å². The Bertz CT molecular complexity index is 466. The summed E-state index contributed by atoms with van der Waals surface area (Å²) in [4.78, 5) is 18.2. The van der Waals surface area contributed by atoms with E-state index in [9.17, 15) is 4.79 Å². The zero-order chi connectivity index (χ0) is 14.8. The van der Waals surface area contributed by atoms with Gasteiger partial charge in [0.15, 0.2) is 5.82 Å². The molecule has 1 fully saturated rings. The summed E-state index contributed by atoms with van der Waals surface area (Å²) in [6, 6.07) is 0. The van der Waals surface area contributed by atoms with Gasteiger partial charge in [0, 0.05) is 19.0 Å². The van der Waals surface area contributed by atoms with Crippen molar-refractivity contribution in [3.8, 4) is 0 Å². The van der Waals surface area contributed by atoms with Crippen molar-refractivity contribution in [2.24, 2.45) is 5.73 Å². The normalized spacial score (nSPS) is 20.0. The van der Waals surface area contributed by atoms with Crippen molar-refractivity contribution in [2.45, 2.75) is 51.7 Å². The summed E-state index contributed by atoms with van der Waals surface area (Å²) in [7, 11) is 0. The molecular formula is C13H23N5O2. The number of rotatable bonds is 2. The van der Waals surface area contributed by atoms with Gasteiger partial charge >= 0.3 is 6.09 Å². The van der Waals surface area contributed by atoms with Crippen molar-refractivity contribution >= 4 is 6.09 Å². The molecule has 1 amide bonds. The molecule has 0 aliphatic carbocycles. The Balaban J connectivity index is 1.99. The van der Waals surface area contributed by atoms with Crippen LogP contribution in [0.1, 0.15) is 51.2 Å². The fraction of sp³-hybridized carbons (Fsp3) is 0.769. The molecule has 0 saturated carbocycles. The second kappa shape index (κ2) is 5.78. The molecule has 112 valence electrons. The minimum Gasteiger partial charge on any atom is -0.444 e. The van der Waals surface area contributed by atoms with Gasteiger partial charge in [-0.05, 0) is 33.6 Å². The highest BCUT2D eigenvalue weighted by atomic mass is 16.6. The summed E-state index contributed by atoms with van der Waals surface area (Å²) in [6.45, 7) is 7.27. The summed E-state index contributed by atoms with van der Waals surface area (Å²) in [5.74, 6) is 1.56. The number of nitrogens with two attached hydrogens (primary N) is 1. The highest BCUT2D eigenvalue weighted by Crippen LogP contribution is 2.25. The van der Waals surface area contributed by atoms with Gasteiger partial charge < -0.3 is 15.4 Å². The van der Waals surface area contributed by atoms with E-state index in [1.54, 1.807) is 4.90 Å². The second-order valence-corrected chi connectivity index (χ2v) is 6.11. The second-order valence-electron chi connectivity index (χ2n) is 6.11. The number of hydrogen-bond acceptors (Lipinski definition) is 5. The van der Waals surface area contributed by atoms with Crippen LogP contribution in [-0.4, -0.2) is 44.9 Å². The maximum Gasteiger partial charge on any atom is 0.410 e. The standard InChI is InChI=1S/C13H23N5O2/c1-13(2,3)20-12(19)18-6-4-5-9(8-18)11-15-10(7-14)16-17-11/h9H,4-8,14H2,1-3H3,(H,15,16,17)/t9-/m0/s1. The zero-order valence-electron chi connectivity index (χ0n) is 12.3. The number of piperidine rings is 1. The van der Waals surface area contributed by atoms with E-state index in [0.717, 1.165) is 25.2 Å². The van der Waals surface area contributed by atoms with Crippen molar-refractivity contribution in [3.63, 3.8) is 0 Å². The van der Waals surface area contributed by atoms with Crippen LogP contribution in [0.2, 0.25) is 0 Å². The number of likely N-dealkylation sites (tertiary alicyclic amines) is 1. The smallest absolute Gasteiger partial charge is 0.410 e. The highest BCUT2D eigenvalue weighted by Gasteiger charge is 2.30. The molecule has 2 heterocycles. The fourth-order valence-corrected chi connectivity index (χ4v) is 2.26. The lowest BCUT2D eigenvalue weighted by Gasteiger charge is -2.33. The summed E-state index contributed by atoms with van der Waals surface area (Å²) in [5.41, 5.74) is 5.05. The van der Waals surface area contributed by atoms with Crippen molar-refractivity contribution in [1.29, 1.82) is 0 Å². The quantitative estimate of drug-likeness (QED) is 0.853. The SMILES string of the molecule is CC(C)(C)OC(=O)N1CCC[C@H](c2n[nH]c(CN)n2)C1. The third-order valence-corrected chi connectivity index (χ3v) is 3.18. The summed E-state index contributed by atoms with van der Waals surface area (Å²) >= 11 is 0. The van der Waals surface area contributed by atoms with Crippen LogP contribution in [0.15, 0.2) is 0 Å². The number of aromatic nitrogens is 3. The molecule has 3 N–H and O–H groups in total. The molecule has 1 saturated heterocycles. The number of ether oxygens (including phenoxy) is 1. The van der Waals surface area contributed by atoms with Crippen molar-refractivity contribution in [3.05, 3.63) is 11.6 Å². The molecule has 1 aromatic heterocycles. The number of amides is 1. The molecular weight excluding hydrogens is 258 g/mol. The number of aromatic amines is 1. The number of nitrogens with zero attached hydrogens (tertiary/aromatic N) is 3. The Morgan fingerprint density at radius 1 is 1.55 bits per heavy atom. The average Bonchev–Trinajstić information content (AvgIpc) is 2.85. The number of hydrogen-bond donors (Lipinski definition) is 2. The van der Waals surface area contributed by atoms with E-state index in [1.807, 2.05) is 20.8 Å². The van der Waals surface area contributed by atoms with Crippen LogP contribution >= 0.6 is 0 Å². The Labute approximate surface area is 118 Å². The third-order valence-electron chi connectivity index (χ3n) is 3.18. The van der Waals surface area contributed by atoms with Gasteiger partial charge in [-0.2, -0.15) is 5.10 Å². The molecule has 2 rings (SSSR count).